The molecular formula is C15H22N2O4S. The lowest BCUT2D eigenvalue weighted by Gasteiger charge is -2.32. The van der Waals surface area contributed by atoms with Gasteiger partial charge in [0, 0.05) is 19.1 Å². The molecule has 1 aromatic rings. The van der Waals surface area contributed by atoms with Crippen LogP contribution < -0.4 is 9.46 Å². The Hall–Kier alpha value is -1.60. The normalized spacial score (nSPS) is 16.6. The van der Waals surface area contributed by atoms with Crippen molar-refractivity contribution >= 4 is 15.9 Å². The molecular weight excluding hydrogens is 304 g/mol. The fraction of sp³-hybridized carbons (Fsp3) is 0.533. The summed E-state index contributed by atoms with van der Waals surface area (Å²) in [4.78, 5) is 14.5. The molecule has 7 heteroatoms. The molecule has 0 unspecified atom stereocenters. The Bertz CT molecular complexity index is 650. The highest BCUT2D eigenvalue weighted by atomic mass is 32.2. The highest BCUT2D eigenvalue weighted by molar-refractivity contribution is 7.88. The molecule has 1 aromatic carbocycles. The minimum absolute atomic E-state index is 0.0623. The van der Waals surface area contributed by atoms with E-state index in [1.165, 1.54) is 0 Å². The van der Waals surface area contributed by atoms with Gasteiger partial charge >= 0.3 is 0 Å². The van der Waals surface area contributed by atoms with Gasteiger partial charge in [0.25, 0.3) is 5.91 Å². The molecule has 1 N–H and O–H groups in total. The topological polar surface area (TPSA) is 75.7 Å². The maximum atomic E-state index is 12.7. The second kappa shape index (κ2) is 6.66. The van der Waals surface area contributed by atoms with Crippen molar-refractivity contribution < 1.29 is 17.9 Å². The van der Waals surface area contributed by atoms with E-state index >= 15 is 0 Å². The van der Waals surface area contributed by atoms with E-state index in [4.69, 9.17) is 4.74 Å². The van der Waals surface area contributed by atoms with Crippen LogP contribution in [0, 0.1) is 6.92 Å². The lowest BCUT2D eigenvalue weighted by Crippen LogP contribution is -2.46. The quantitative estimate of drug-likeness (QED) is 0.901. The number of sulfonamides is 1. The Balaban J connectivity index is 2.07. The number of methoxy groups -OCH3 is 1. The lowest BCUT2D eigenvalue weighted by molar-refractivity contribution is 0.0707. The Morgan fingerprint density at radius 1 is 1.32 bits per heavy atom. The van der Waals surface area contributed by atoms with E-state index in [2.05, 4.69) is 4.72 Å². The fourth-order valence-corrected chi connectivity index (χ4v) is 3.59. The number of hydrogen-bond acceptors (Lipinski definition) is 4. The zero-order valence-electron chi connectivity index (χ0n) is 13.1. The number of likely N-dealkylation sites (tertiary alicyclic amines) is 1. The third-order valence-electron chi connectivity index (χ3n) is 3.83. The first-order valence-electron chi connectivity index (χ1n) is 7.22. The standard InChI is InChI=1S/C15H22N2O4S/c1-11-5-4-6-13(21-2)14(11)15(18)17-9-7-12(8-10-17)16-22(3,19)20/h4-6,12,16H,7-10H2,1-3H3. The maximum absolute atomic E-state index is 12.7. The number of rotatable bonds is 4. The smallest absolute Gasteiger partial charge is 0.257 e. The Morgan fingerprint density at radius 3 is 2.50 bits per heavy atom. The summed E-state index contributed by atoms with van der Waals surface area (Å²) >= 11 is 0. The molecule has 1 aliphatic heterocycles. The molecule has 0 saturated carbocycles. The van der Waals surface area contributed by atoms with Crippen molar-refractivity contribution in [3.8, 4) is 5.75 Å². The second-order valence-corrected chi connectivity index (χ2v) is 7.39. The highest BCUT2D eigenvalue weighted by Crippen LogP contribution is 2.25. The largest absolute Gasteiger partial charge is 0.496 e. The summed E-state index contributed by atoms with van der Waals surface area (Å²) in [7, 11) is -1.66. The van der Waals surface area contributed by atoms with Crippen molar-refractivity contribution in [3.05, 3.63) is 29.3 Å². The van der Waals surface area contributed by atoms with Gasteiger partial charge in [-0.25, -0.2) is 13.1 Å². The second-order valence-electron chi connectivity index (χ2n) is 5.61. The van der Waals surface area contributed by atoms with Crippen LogP contribution in [-0.4, -0.2) is 51.7 Å². The fourth-order valence-electron chi connectivity index (χ4n) is 2.75. The van der Waals surface area contributed by atoms with E-state index in [1.807, 2.05) is 19.1 Å². The Labute approximate surface area is 131 Å². The number of ether oxygens (including phenoxy) is 1. The number of amides is 1. The third-order valence-corrected chi connectivity index (χ3v) is 4.59. The minimum Gasteiger partial charge on any atom is -0.496 e. The van der Waals surface area contributed by atoms with Crippen molar-refractivity contribution in [1.29, 1.82) is 0 Å². The molecule has 122 valence electrons. The zero-order chi connectivity index (χ0) is 16.3. The van der Waals surface area contributed by atoms with Crippen LogP contribution in [0.15, 0.2) is 18.2 Å². The van der Waals surface area contributed by atoms with Crippen LogP contribution in [0.25, 0.3) is 0 Å². The molecule has 6 nitrogen and oxygen atoms in total. The monoisotopic (exact) mass is 326 g/mol. The van der Waals surface area contributed by atoms with E-state index in [0.717, 1.165) is 11.8 Å². The molecule has 1 saturated heterocycles. The minimum atomic E-state index is -3.20. The van der Waals surface area contributed by atoms with Crippen molar-refractivity contribution in [2.45, 2.75) is 25.8 Å². The van der Waals surface area contributed by atoms with Crippen LogP contribution in [-0.2, 0) is 10.0 Å². The molecule has 0 spiro atoms. The summed E-state index contributed by atoms with van der Waals surface area (Å²) in [5.74, 6) is 0.508. The number of carbonyl (C=O) groups excluding carboxylic acids is 1. The summed E-state index contributed by atoms with van der Waals surface area (Å²) < 4.78 is 30.4. The number of carbonyl (C=O) groups is 1. The number of nitrogens with one attached hydrogen (secondary N) is 1. The van der Waals surface area contributed by atoms with Crippen LogP contribution in [0.2, 0.25) is 0 Å². The molecule has 0 aromatic heterocycles. The summed E-state index contributed by atoms with van der Waals surface area (Å²) in [5.41, 5.74) is 1.46. The number of hydrogen-bond donors (Lipinski definition) is 1. The highest BCUT2D eigenvalue weighted by Gasteiger charge is 2.27. The van der Waals surface area contributed by atoms with Gasteiger partial charge in [-0.05, 0) is 31.4 Å². The van der Waals surface area contributed by atoms with Gasteiger partial charge in [-0.3, -0.25) is 4.79 Å². The average Bonchev–Trinajstić information content (AvgIpc) is 2.45. The van der Waals surface area contributed by atoms with Crippen LogP contribution >= 0.6 is 0 Å². The van der Waals surface area contributed by atoms with Crippen LogP contribution in [0.3, 0.4) is 0 Å². The molecule has 1 aliphatic rings. The van der Waals surface area contributed by atoms with Gasteiger partial charge in [-0.1, -0.05) is 12.1 Å². The van der Waals surface area contributed by atoms with Gasteiger partial charge in [0.2, 0.25) is 10.0 Å². The molecule has 1 fully saturated rings. The number of aryl methyl sites for hydroxylation is 1. The van der Waals surface area contributed by atoms with Crippen LogP contribution in [0.1, 0.15) is 28.8 Å². The SMILES string of the molecule is COc1cccc(C)c1C(=O)N1CCC(NS(C)(=O)=O)CC1. The molecule has 0 atom stereocenters. The van der Waals surface area contributed by atoms with E-state index < -0.39 is 10.0 Å². The van der Waals surface area contributed by atoms with Crippen LogP contribution in [0.5, 0.6) is 5.75 Å². The van der Waals surface area contributed by atoms with Crippen molar-refractivity contribution in [1.82, 2.24) is 9.62 Å². The Kier molecular flexibility index (Phi) is 5.08. The van der Waals surface area contributed by atoms with Crippen molar-refractivity contribution in [3.63, 3.8) is 0 Å². The van der Waals surface area contributed by atoms with E-state index in [-0.39, 0.29) is 11.9 Å². The molecule has 0 aliphatic carbocycles. The zero-order valence-corrected chi connectivity index (χ0v) is 13.9. The maximum Gasteiger partial charge on any atom is 0.257 e. The van der Waals surface area contributed by atoms with Crippen molar-refractivity contribution in [2.24, 2.45) is 0 Å². The number of benzene rings is 1. The lowest BCUT2D eigenvalue weighted by atomic mass is 10.0. The van der Waals surface area contributed by atoms with Gasteiger partial charge in [0.1, 0.15) is 5.75 Å². The first kappa shape index (κ1) is 16.8. The first-order chi connectivity index (χ1) is 10.3. The summed E-state index contributed by atoms with van der Waals surface area (Å²) in [5, 5.41) is 0. The number of piperidine rings is 1. The average molecular weight is 326 g/mol. The number of nitrogens with zero attached hydrogens (tertiary/aromatic N) is 1. The molecule has 22 heavy (non-hydrogen) atoms. The van der Waals surface area contributed by atoms with Gasteiger partial charge < -0.3 is 9.64 Å². The molecule has 1 heterocycles. The van der Waals surface area contributed by atoms with Gasteiger partial charge in [0.15, 0.2) is 0 Å². The molecule has 0 radical (unpaired) electrons. The van der Waals surface area contributed by atoms with Crippen molar-refractivity contribution in [2.75, 3.05) is 26.5 Å². The Morgan fingerprint density at radius 2 is 1.95 bits per heavy atom. The van der Waals surface area contributed by atoms with Gasteiger partial charge in [0.05, 0.1) is 18.9 Å². The first-order valence-corrected chi connectivity index (χ1v) is 9.11. The van der Waals surface area contributed by atoms with E-state index in [9.17, 15) is 13.2 Å². The summed E-state index contributed by atoms with van der Waals surface area (Å²) in [6.07, 6.45) is 2.39. The molecule has 0 bridgehead atoms. The molecule has 2 rings (SSSR count). The van der Waals surface area contributed by atoms with Gasteiger partial charge in [-0.15, -0.1) is 0 Å². The van der Waals surface area contributed by atoms with E-state index in [0.29, 0.717) is 37.2 Å². The van der Waals surface area contributed by atoms with Gasteiger partial charge in [-0.2, -0.15) is 0 Å². The third kappa shape index (κ3) is 3.98. The molecule has 1 amide bonds. The van der Waals surface area contributed by atoms with Crippen LogP contribution in [0.4, 0.5) is 0 Å². The summed E-state index contributed by atoms with van der Waals surface area (Å²) in [6, 6.07) is 5.41. The van der Waals surface area contributed by atoms with E-state index in [1.54, 1.807) is 18.1 Å². The predicted octanol–water partition coefficient (Wildman–Crippen LogP) is 1.16. The predicted molar refractivity (Wildman–Crippen MR) is 84.6 cm³/mol. The summed E-state index contributed by atoms with van der Waals surface area (Å²) in [6.45, 7) is 2.95.